The molecule has 1 saturated heterocycles. The fraction of sp³-hybridized carbons (Fsp3) is 0.348. The van der Waals surface area contributed by atoms with E-state index in [-0.39, 0.29) is 5.91 Å². The molecule has 146 valence electrons. The maximum absolute atomic E-state index is 12.3. The molecule has 2 heterocycles. The highest BCUT2D eigenvalue weighted by Crippen LogP contribution is 2.34. The van der Waals surface area contributed by atoms with Crippen LogP contribution in [0.15, 0.2) is 48.7 Å². The van der Waals surface area contributed by atoms with Gasteiger partial charge in [-0.2, -0.15) is 0 Å². The van der Waals surface area contributed by atoms with Crippen LogP contribution < -0.4 is 10.1 Å². The van der Waals surface area contributed by atoms with Crippen LogP contribution in [-0.4, -0.2) is 42.5 Å². The second kappa shape index (κ2) is 8.07. The van der Waals surface area contributed by atoms with Gasteiger partial charge in [-0.15, -0.1) is 0 Å². The number of piperidine rings is 1. The van der Waals surface area contributed by atoms with E-state index >= 15 is 0 Å². The standard InChI is InChI=1S/C23H27N3O2/c1-16-3-5-18(6-4-16)25-23(27)15-26-11-9-17(10-12-26)21-14-24-22-8-7-19(28-2)13-20(21)22/h3-8,13-14,17,24H,9-12,15H2,1-2H3,(H,25,27). The van der Waals surface area contributed by atoms with Crippen LogP contribution in [-0.2, 0) is 4.79 Å². The third-order valence-electron chi connectivity index (χ3n) is 5.65. The van der Waals surface area contributed by atoms with Crippen LogP contribution in [0, 0.1) is 6.92 Å². The number of anilines is 1. The van der Waals surface area contributed by atoms with E-state index in [2.05, 4.69) is 33.5 Å². The number of benzene rings is 2. The number of ether oxygens (including phenoxy) is 1. The quantitative estimate of drug-likeness (QED) is 0.697. The van der Waals surface area contributed by atoms with E-state index < -0.39 is 0 Å². The summed E-state index contributed by atoms with van der Waals surface area (Å²) in [4.78, 5) is 18.0. The first kappa shape index (κ1) is 18.6. The van der Waals surface area contributed by atoms with Crippen LogP contribution in [0.5, 0.6) is 5.75 Å². The zero-order valence-corrected chi connectivity index (χ0v) is 16.5. The van der Waals surface area contributed by atoms with E-state index in [0.717, 1.165) is 42.9 Å². The Labute approximate surface area is 165 Å². The normalized spacial score (nSPS) is 15.6. The van der Waals surface area contributed by atoms with Gasteiger partial charge in [0.2, 0.25) is 5.91 Å². The summed E-state index contributed by atoms with van der Waals surface area (Å²) in [7, 11) is 1.70. The van der Waals surface area contributed by atoms with Crippen molar-refractivity contribution in [3.8, 4) is 5.75 Å². The van der Waals surface area contributed by atoms with Gasteiger partial charge in [0, 0.05) is 22.8 Å². The first-order chi connectivity index (χ1) is 13.6. The molecule has 5 heteroatoms. The Hall–Kier alpha value is -2.79. The number of nitrogens with zero attached hydrogens (tertiary/aromatic N) is 1. The molecule has 2 N–H and O–H groups in total. The third-order valence-corrected chi connectivity index (χ3v) is 5.65. The summed E-state index contributed by atoms with van der Waals surface area (Å²) in [6.07, 6.45) is 4.25. The number of hydrogen-bond acceptors (Lipinski definition) is 3. The van der Waals surface area contributed by atoms with Crippen molar-refractivity contribution in [2.45, 2.75) is 25.7 Å². The molecule has 0 aliphatic carbocycles. The Morgan fingerprint density at radius 3 is 2.64 bits per heavy atom. The molecule has 1 aromatic heterocycles. The van der Waals surface area contributed by atoms with Crippen molar-refractivity contribution in [2.24, 2.45) is 0 Å². The number of carbonyl (C=O) groups excluding carboxylic acids is 1. The van der Waals surface area contributed by atoms with E-state index in [1.807, 2.05) is 37.3 Å². The zero-order chi connectivity index (χ0) is 19.5. The molecule has 0 radical (unpaired) electrons. The Bertz CT molecular complexity index is 954. The first-order valence-electron chi connectivity index (χ1n) is 9.86. The van der Waals surface area contributed by atoms with E-state index in [0.29, 0.717) is 12.5 Å². The monoisotopic (exact) mass is 377 g/mol. The second-order valence-corrected chi connectivity index (χ2v) is 7.62. The number of aromatic amines is 1. The molecular formula is C23H27N3O2. The Morgan fingerprint density at radius 1 is 1.18 bits per heavy atom. The molecule has 1 fully saturated rings. The Kier molecular flexibility index (Phi) is 5.35. The lowest BCUT2D eigenvalue weighted by Gasteiger charge is -2.31. The molecule has 1 aliphatic heterocycles. The molecule has 1 aliphatic rings. The van der Waals surface area contributed by atoms with Crippen molar-refractivity contribution in [2.75, 3.05) is 32.1 Å². The van der Waals surface area contributed by atoms with Crippen molar-refractivity contribution >= 4 is 22.5 Å². The number of nitrogens with one attached hydrogen (secondary N) is 2. The van der Waals surface area contributed by atoms with Gasteiger partial charge in [-0.1, -0.05) is 17.7 Å². The van der Waals surface area contributed by atoms with Crippen LogP contribution in [0.2, 0.25) is 0 Å². The third kappa shape index (κ3) is 4.04. The highest BCUT2D eigenvalue weighted by atomic mass is 16.5. The molecule has 0 unspecified atom stereocenters. The number of carbonyl (C=O) groups is 1. The lowest BCUT2D eigenvalue weighted by Crippen LogP contribution is -2.38. The lowest BCUT2D eigenvalue weighted by atomic mass is 9.89. The number of H-pyrrole nitrogens is 1. The summed E-state index contributed by atoms with van der Waals surface area (Å²) in [5, 5.41) is 4.24. The average molecular weight is 377 g/mol. The Balaban J connectivity index is 1.34. The minimum absolute atomic E-state index is 0.0548. The smallest absolute Gasteiger partial charge is 0.238 e. The largest absolute Gasteiger partial charge is 0.497 e. The van der Waals surface area contributed by atoms with Crippen LogP contribution in [0.25, 0.3) is 10.9 Å². The summed E-state index contributed by atoms with van der Waals surface area (Å²) in [5.41, 5.74) is 4.56. The number of amides is 1. The second-order valence-electron chi connectivity index (χ2n) is 7.62. The molecular weight excluding hydrogens is 350 g/mol. The van der Waals surface area contributed by atoms with Crippen molar-refractivity contribution < 1.29 is 9.53 Å². The van der Waals surface area contributed by atoms with Crippen molar-refractivity contribution in [3.05, 3.63) is 59.8 Å². The zero-order valence-electron chi connectivity index (χ0n) is 16.5. The van der Waals surface area contributed by atoms with Gasteiger partial charge in [0.05, 0.1) is 13.7 Å². The number of rotatable bonds is 5. The van der Waals surface area contributed by atoms with Crippen LogP contribution in [0.4, 0.5) is 5.69 Å². The number of fused-ring (bicyclic) bond motifs is 1. The van der Waals surface area contributed by atoms with Gasteiger partial charge in [-0.3, -0.25) is 9.69 Å². The van der Waals surface area contributed by atoms with Gasteiger partial charge in [0.15, 0.2) is 0 Å². The first-order valence-corrected chi connectivity index (χ1v) is 9.86. The summed E-state index contributed by atoms with van der Waals surface area (Å²) >= 11 is 0. The average Bonchev–Trinajstić information content (AvgIpc) is 3.13. The van der Waals surface area contributed by atoms with E-state index in [4.69, 9.17) is 4.74 Å². The molecule has 0 spiro atoms. The molecule has 0 atom stereocenters. The van der Waals surface area contributed by atoms with Gasteiger partial charge in [0.1, 0.15) is 5.75 Å². The molecule has 5 nitrogen and oxygen atoms in total. The highest BCUT2D eigenvalue weighted by Gasteiger charge is 2.24. The number of aromatic nitrogens is 1. The van der Waals surface area contributed by atoms with E-state index in [1.165, 1.54) is 16.5 Å². The topological polar surface area (TPSA) is 57.4 Å². The van der Waals surface area contributed by atoms with Crippen LogP contribution >= 0.6 is 0 Å². The molecule has 0 saturated carbocycles. The number of methoxy groups -OCH3 is 1. The minimum atomic E-state index is 0.0548. The Morgan fingerprint density at radius 2 is 1.93 bits per heavy atom. The number of hydrogen-bond donors (Lipinski definition) is 2. The predicted molar refractivity (Wildman–Crippen MR) is 113 cm³/mol. The van der Waals surface area contributed by atoms with Crippen LogP contribution in [0.3, 0.4) is 0 Å². The van der Waals surface area contributed by atoms with Gasteiger partial charge >= 0.3 is 0 Å². The van der Waals surface area contributed by atoms with Crippen molar-refractivity contribution in [1.82, 2.24) is 9.88 Å². The summed E-state index contributed by atoms with van der Waals surface area (Å²) in [5.74, 6) is 1.45. The maximum atomic E-state index is 12.3. The number of likely N-dealkylation sites (tertiary alicyclic amines) is 1. The lowest BCUT2D eigenvalue weighted by molar-refractivity contribution is -0.117. The number of aryl methyl sites for hydroxylation is 1. The van der Waals surface area contributed by atoms with Crippen LogP contribution in [0.1, 0.15) is 29.9 Å². The predicted octanol–water partition coefficient (Wildman–Crippen LogP) is 4.30. The van der Waals surface area contributed by atoms with Crippen molar-refractivity contribution in [3.63, 3.8) is 0 Å². The van der Waals surface area contributed by atoms with E-state index in [9.17, 15) is 4.79 Å². The molecule has 4 rings (SSSR count). The SMILES string of the molecule is COc1ccc2[nH]cc(C3CCN(CC(=O)Nc4ccc(C)cc4)CC3)c2c1. The summed E-state index contributed by atoms with van der Waals surface area (Å²) in [6, 6.07) is 14.1. The molecule has 3 aromatic rings. The van der Waals surface area contributed by atoms with Crippen molar-refractivity contribution in [1.29, 1.82) is 0 Å². The van der Waals surface area contributed by atoms with E-state index in [1.54, 1.807) is 7.11 Å². The van der Waals surface area contributed by atoms with Gasteiger partial charge < -0.3 is 15.0 Å². The molecule has 1 amide bonds. The summed E-state index contributed by atoms with van der Waals surface area (Å²) < 4.78 is 5.38. The van der Waals surface area contributed by atoms with Gasteiger partial charge in [0.25, 0.3) is 0 Å². The fourth-order valence-corrected chi connectivity index (χ4v) is 4.03. The molecule has 28 heavy (non-hydrogen) atoms. The minimum Gasteiger partial charge on any atom is -0.497 e. The highest BCUT2D eigenvalue weighted by molar-refractivity contribution is 5.92. The summed E-state index contributed by atoms with van der Waals surface area (Å²) in [6.45, 7) is 4.35. The van der Waals surface area contributed by atoms with Gasteiger partial charge in [-0.05, 0) is 74.7 Å². The van der Waals surface area contributed by atoms with Gasteiger partial charge in [-0.25, -0.2) is 0 Å². The fourth-order valence-electron chi connectivity index (χ4n) is 4.03. The maximum Gasteiger partial charge on any atom is 0.238 e. The molecule has 2 aromatic carbocycles. The molecule has 0 bridgehead atoms.